The van der Waals surface area contributed by atoms with Gasteiger partial charge in [0.1, 0.15) is 18.2 Å². The number of nitrogens with one attached hydrogen (secondary N) is 3. The summed E-state index contributed by atoms with van der Waals surface area (Å²) in [4.78, 5) is 16.3. The number of amides is 1. The molecule has 0 atom stereocenters. The van der Waals surface area contributed by atoms with Crippen LogP contribution in [0.3, 0.4) is 0 Å². The Labute approximate surface area is 183 Å². The number of guanidine groups is 1. The first-order valence-electron chi connectivity index (χ1n) is 10.1. The second kappa shape index (κ2) is 12.5. The number of carbonyl (C=O) groups is 1. The van der Waals surface area contributed by atoms with Gasteiger partial charge in [0.05, 0.1) is 6.61 Å². The average Bonchev–Trinajstić information content (AvgIpc) is 2.76. The minimum absolute atomic E-state index is 0.297. The molecule has 2 aromatic rings. The first-order valence-corrected chi connectivity index (χ1v) is 10.1. The van der Waals surface area contributed by atoms with Gasteiger partial charge in [0.2, 0.25) is 0 Å². The molecule has 0 bridgehead atoms. The van der Waals surface area contributed by atoms with Crippen molar-refractivity contribution in [2.24, 2.45) is 4.99 Å². The molecule has 0 aliphatic rings. The smallest absolute Gasteiger partial charge is 0.251 e. The van der Waals surface area contributed by atoms with E-state index in [9.17, 15) is 9.18 Å². The lowest BCUT2D eigenvalue weighted by atomic mass is 10.1. The molecule has 0 heterocycles. The molecule has 0 aliphatic carbocycles. The van der Waals surface area contributed by atoms with Gasteiger partial charge in [0.15, 0.2) is 5.96 Å². The van der Waals surface area contributed by atoms with Crippen molar-refractivity contribution in [1.82, 2.24) is 16.0 Å². The van der Waals surface area contributed by atoms with Crippen molar-refractivity contribution in [3.8, 4) is 5.75 Å². The third-order valence-electron chi connectivity index (χ3n) is 4.57. The van der Waals surface area contributed by atoms with E-state index in [-0.39, 0.29) is 5.91 Å². The maximum absolute atomic E-state index is 13.6. The van der Waals surface area contributed by atoms with Crippen molar-refractivity contribution in [3.63, 3.8) is 0 Å². The Balaban J connectivity index is 1.80. The molecular weight excluding hydrogens is 399 g/mol. The van der Waals surface area contributed by atoms with Crippen molar-refractivity contribution >= 4 is 11.9 Å². The third kappa shape index (κ3) is 7.90. The van der Waals surface area contributed by atoms with E-state index >= 15 is 0 Å². The number of hydrogen-bond acceptors (Lipinski definition) is 4. The number of aliphatic imine (C=N–C) groups is 1. The van der Waals surface area contributed by atoms with Gasteiger partial charge in [-0.15, -0.1) is 0 Å². The normalized spacial score (nSPS) is 11.2. The molecule has 0 unspecified atom stereocenters. The number of halogens is 1. The van der Waals surface area contributed by atoms with Crippen molar-refractivity contribution < 1.29 is 18.7 Å². The number of carbonyl (C=O) groups excluding carboxylic acids is 1. The third-order valence-corrected chi connectivity index (χ3v) is 4.57. The summed E-state index contributed by atoms with van der Waals surface area (Å²) in [6.45, 7) is 6.02. The summed E-state index contributed by atoms with van der Waals surface area (Å²) in [5.74, 6) is 0.690. The van der Waals surface area contributed by atoms with Crippen molar-refractivity contribution in [2.75, 3.05) is 40.5 Å². The van der Waals surface area contributed by atoms with Gasteiger partial charge in [0, 0.05) is 44.9 Å². The topological polar surface area (TPSA) is 84.0 Å². The zero-order chi connectivity index (χ0) is 22.6. The highest BCUT2D eigenvalue weighted by atomic mass is 19.1. The second-order valence-corrected chi connectivity index (χ2v) is 7.02. The minimum Gasteiger partial charge on any atom is -0.491 e. The molecular formula is C23H31FN4O3. The highest BCUT2D eigenvalue weighted by molar-refractivity contribution is 5.94. The SMILES string of the molecule is CN=C(NCCNC(=O)c1ccc(C)c(F)c1)NCc1ccc(C)cc1OCCOC. The van der Waals surface area contributed by atoms with Gasteiger partial charge >= 0.3 is 0 Å². The van der Waals surface area contributed by atoms with Crippen LogP contribution in [0.2, 0.25) is 0 Å². The molecule has 3 N–H and O–H groups in total. The van der Waals surface area contributed by atoms with E-state index in [4.69, 9.17) is 9.47 Å². The van der Waals surface area contributed by atoms with E-state index in [0.717, 1.165) is 16.9 Å². The van der Waals surface area contributed by atoms with Crippen LogP contribution in [0, 0.1) is 19.7 Å². The van der Waals surface area contributed by atoms with E-state index in [1.54, 1.807) is 33.2 Å². The predicted molar refractivity (Wildman–Crippen MR) is 120 cm³/mol. The molecule has 0 aromatic heterocycles. The Morgan fingerprint density at radius 1 is 1.03 bits per heavy atom. The molecule has 2 aromatic carbocycles. The maximum Gasteiger partial charge on any atom is 0.251 e. The average molecular weight is 431 g/mol. The van der Waals surface area contributed by atoms with Crippen LogP contribution in [0.4, 0.5) is 4.39 Å². The summed E-state index contributed by atoms with van der Waals surface area (Å²) in [5.41, 5.74) is 2.92. The zero-order valence-electron chi connectivity index (χ0n) is 18.5. The first-order chi connectivity index (χ1) is 14.9. The fourth-order valence-corrected chi connectivity index (χ4v) is 2.77. The number of nitrogens with zero attached hydrogens (tertiary/aromatic N) is 1. The van der Waals surface area contributed by atoms with Crippen LogP contribution < -0.4 is 20.7 Å². The summed E-state index contributed by atoms with van der Waals surface area (Å²) < 4.78 is 24.5. The number of aryl methyl sites for hydroxylation is 2. The summed E-state index contributed by atoms with van der Waals surface area (Å²) in [7, 11) is 3.31. The molecule has 1 amide bonds. The van der Waals surface area contributed by atoms with E-state index in [1.165, 1.54) is 6.07 Å². The Kier molecular flexibility index (Phi) is 9.77. The Hall–Kier alpha value is -3.13. The molecule has 0 spiro atoms. The molecule has 0 saturated heterocycles. The van der Waals surface area contributed by atoms with Crippen LogP contribution in [-0.2, 0) is 11.3 Å². The van der Waals surface area contributed by atoms with Gasteiger partial charge in [-0.2, -0.15) is 0 Å². The Morgan fingerprint density at radius 2 is 1.81 bits per heavy atom. The van der Waals surface area contributed by atoms with Gasteiger partial charge in [-0.25, -0.2) is 4.39 Å². The lowest BCUT2D eigenvalue weighted by Crippen LogP contribution is -2.41. The van der Waals surface area contributed by atoms with Crippen molar-refractivity contribution in [2.45, 2.75) is 20.4 Å². The van der Waals surface area contributed by atoms with Crippen LogP contribution in [0.5, 0.6) is 5.75 Å². The molecule has 168 valence electrons. The zero-order valence-corrected chi connectivity index (χ0v) is 18.5. The fourth-order valence-electron chi connectivity index (χ4n) is 2.77. The van der Waals surface area contributed by atoms with Gasteiger partial charge in [-0.3, -0.25) is 9.79 Å². The van der Waals surface area contributed by atoms with Gasteiger partial charge in [0.25, 0.3) is 5.91 Å². The Morgan fingerprint density at radius 3 is 2.52 bits per heavy atom. The van der Waals surface area contributed by atoms with E-state index in [0.29, 0.717) is 49.9 Å². The molecule has 0 aliphatic heterocycles. The number of methoxy groups -OCH3 is 1. The van der Waals surface area contributed by atoms with Crippen LogP contribution in [0.25, 0.3) is 0 Å². The quantitative estimate of drug-likeness (QED) is 0.307. The Bertz CT molecular complexity index is 902. The largest absolute Gasteiger partial charge is 0.491 e. The first kappa shape index (κ1) is 24.1. The van der Waals surface area contributed by atoms with Gasteiger partial charge in [-0.05, 0) is 43.2 Å². The van der Waals surface area contributed by atoms with E-state index in [1.807, 2.05) is 25.1 Å². The molecule has 2 rings (SSSR count). The minimum atomic E-state index is -0.392. The maximum atomic E-state index is 13.6. The monoisotopic (exact) mass is 430 g/mol. The van der Waals surface area contributed by atoms with Crippen molar-refractivity contribution in [3.05, 3.63) is 64.5 Å². The van der Waals surface area contributed by atoms with Crippen LogP contribution in [0.1, 0.15) is 27.0 Å². The summed E-state index contributed by atoms with van der Waals surface area (Å²) >= 11 is 0. The fraction of sp³-hybridized carbons (Fsp3) is 0.391. The van der Waals surface area contributed by atoms with Crippen LogP contribution in [0.15, 0.2) is 41.4 Å². The highest BCUT2D eigenvalue weighted by Crippen LogP contribution is 2.20. The lowest BCUT2D eigenvalue weighted by Gasteiger charge is -2.15. The predicted octanol–water partition coefficient (Wildman–Crippen LogP) is 2.56. The molecule has 7 nitrogen and oxygen atoms in total. The molecule has 31 heavy (non-hydrogen) atoms. The van der Waals surface area contributed by atoms with E-state index in [2.05, 4.69) is 20.9 Å². The second-order valence-electron chi connectivity index (χ2n) is 7.02. The summed E-state index contributed by atoms with van der Waals surface area (Å²) in [5, 5.41) is 9.13. The summed E-state index contributed by atoms with van der Waals surface area (Å²) in [6.07, 6.45) is 0. The molecule has 0 fully saturated rings. The van der Waals surface area contributed by atoms with Crippen LogP contribution >= 0.6 is 0 Å². The number of ether oxygens (including phenoxy) is 2. The lowest BCUT2D eigenvalue weighted by molar-refractivity contribution is 0.0954. The van der Waals surface area contributed by atoms with E-state index < -0.39 is 5.82 Å². The molecule has 8 heteroatoms. The number of rotatable bonds is 10. The van der Waals surface area contributed by atoms with Crippen molar-refractivity contribution in [1.29, 1.82) is 0 Å². The number of benzene rings is 2. The highest BCUT2D eigenvalue weighted by Gasteiger charge is 2.08. The standard InChI is InChI=1S/C23H31FN4O3/c1-16-5-7-19(21(13-16)31-12-11-30-4)15-28-23(25-3)27-10-9-26-22(29)18-8-6-17(2)20(24)14-18/h5-8,13-14H,9-12,15H2,1-4H3,(H,26,29)(H2,25,27,28). The van der Waals surface area contributed by atoms with Crippen LogP contribution in [-0.4, -0.2) is 52.3 Å². The number of hydrogen-bond donors (Lipinski definition) is 3. The molecule has 0 saturated carbocycles. The van der Waals surface area contributed by atoms with Gasteiger partial charge in [-0.1, -0.05) is 18.2 Å². The van der Waals surface area contributed by atoms with Gasteiger partial charge < -0.3 is 25.4 Å². The summed E-state index contributed by atoms with van der Waals surface area (Å²) in [6, 6.07) is 10.5. The molecule has 0 radical (unpaired) electrons.